The van der Waals surface area contributed by atoms with E-state index in [-0.39, 0.29) is 43.0 Å². The highest BCUT2D eigenvalue weighted by Gasteiger charge is 2.19. The quantitative estimate of drug-likeness (QED) is 0.542. The van der Waals surface area contributed by atoms with Gasteiger partial charge in [0.1, 0.15) is 0 Å². The van der Waals surface area contributed by atoms with Crippen molar-refractivity contribution in [3.63, 3.8) is 0 Å². The molecule has 1 amide bonds. The van der Waals surface area contributed by atoms with Gasteiger partial charge in [-0.25, -0.2) is 0 Å². The molecule has 3 N–H and O–H groups in total. The average Bonchev–Trinajstić information content (AvgIpc) is 2.45. The standard InChI is InChI=1S/C14H21N3O5.ClH/c1-9(15)6-14(18)16-5-4-10-7-12(21-2)13(22-3)8-11(10)17(19)20;/h7-9H,4-6,15H2,1-3H3,(H,16,18);1H. The zero-order valence-corrected chi connectivity index (χ0v) is 14.1. The molecule has 0 aliphatic carbocycles. The predicted molar refractivity (Wildman–Crippen MR) is 88.4 cm³/mol. The number of nitro benzene ring substituents is 1. The van der Waals surface area contributed by atoms with Crippen LogP contribution in [0.15, 0.2) is 12.1 Å². The third-order valence-corrected chi connectivity index (χ3v) is 3.01. The number of hydrogen-bond acceptors (Lipinski definition) is 6. The zero-order chi connectivity index (χ0) is 16.7. The Morgan fingerprint density at radius 3 is 2.39 bits per heavy atom. The Kier molecular flexibility index (Phi) is 8.97. The molecule has 1 rings (SSSR count). The van der Waals surface area contributed by atoms with Crippen LogP contribution < -0.4 is 20.5 Å². The molecule has 1 unspecified atom stereocenters. The lowest BCUT2D eigenvalue weighted by Crippen LogP contribution is -2.31. The van der Waals surface area contributed by atoms with E-state index < -0.39 is 4.92 Å². The number of halogens is 1. The van der Waals surface area contributed by atoms with Crippen molar-refractivity contribution in [2.24, 2.45) is 5.73 Å². The van der Waals surface area contributed by atoms with Gasteiger partial charge in [0.15, 0.2) is 11.5 Å². The van der Waals surface area contributed by atoms with Crippen molar-refractivity contribution in [3.8, 4) is 11.5 Å². The minimum absolute atomic E-state index is 0. The molecule has 130 valence electrons. The Morgan fingerprint density at radius 2 is 1.91 bits per heavy atom. The summed E-state index contributed by atoms with van der Waals surface area (Å²) in [5.41, 5.74) is 5.92. The second kappa shape index (κ2) is 9.86. The lowest BCUT2D eigenvalue weighted by molar-refractivity contribution is -0.385. The first kappa shape index (κ1) is 20.9. The van der Waals surface area contributed by atoms with Gasteiger partial charge in [0.2, 0.25) is 5.91 Å². The van der Waals surface area contributed by atoms with Crippen molar-refractivity contribution in [2.75, 3.05) is 20.8 Å². The van der Waals surface area contributed by atoms with Crippen molar-refractivity contribution >= 4 is 24.0 Å². The van der Waals surface area contributed by atoms with Crippen LogP contribution in [-0.4, -0.2) is 37.6 Å². The van der Waals surface area contributed by atoms with Crippen LogP contribution in [0.3, 0.4) is 0 Å². The summed E-state index contributed by atoms with van der Waals surface area (Å²) in [4.78, 5) is 22.2. The van der Waals surface area contributed by atoms with Gasteiger partial charge >= 0.3 is 0 Å². The van der Waals surface area contributed by atoms with Crippen molar-refractivity contribution in [3.05, 3.63) is 27.8 Å². The van der Waals surface area contributed by atoms with Crippen LogP contribution in [0.25, 0.3) is 0 Å². The first-order valence-corrected chi connectivity index (χ1v) is 6.80. The van der Waals surface area contributed by atoms with Crippen LogP contribution in [0.4, 0.5) is 5.69 Å². The van der Waals surface area contributed by atoms with E-state index in [0.717, 1.165) is 0 Å². The molecule has 9 heteroatoms. The maximum absolute atomic E-state index is 11.5. The number of nitrogens with two attached hydrogens (primary N) is 1. The molecule has 0 bridgehead atoms. The summed E-state index contributed by atoms with van der Waals surface area (Å²) >= 11 is 0. The highest BCUT2D eigenvalue weighted by atomic mass is 35.5. The molecular formula is C14H22ClN3O5. The van der Waals surface area contributed by atoms with E-state index in [1.807, 2.05) is 0 Å². The van der Waals surface area contributed by atoms with Crippen LogP contribution in [0.5, 0.6) is 11.5 Å². The monoisotopic (exact) mass is 347 g/mol. The third kappa shape index (κ3) is 6.29. The first-order valence-electron chi connectivity index (χ1n) is 6.80. The number of hydrogen-bond donors (Lipinski definition) is 2. The van der Waals surface area contributed by atoms with E-state index in [4.69, 9.17) is 15.2 Å². The summed E-state index contributed by atoms with van der Waals surface area (Å²) in [7, 11) is 2.87. The number of nitrogens with one attached hydrogen (secondary N) is 1. The maximum atomic E-state index is 11.5. The van der Waals surface area contributed by atoms with Crippen molar-refractivity contribution < 1.29 is 19.2 Å². The fraction of sp³-hybridized carbons (Fsp3) is 0.500. The Morgan fingerprint density at radius 1 is 1.35 bits per heavy atom. The summed E-state index contributed by atoms with van der Waals surface area (Å²) in [5.74, 6) is 0.516. The first-order chi connectivity index (χ1) is 10.4. The minimum atomic E-state index is -0.485. The van der Waals surface area contributed by atoms with Gasteiger partial charge in [-0.05, 0) is 19.4 Å². The van der Waals surface area contributed by atoms with Gasteiger partial charge in [0.25, 0.3) is 5.69 Å². The van der Waals surface area contributed by atoms with Gasteiger partial charge in [-0.3, -0.25) is 14.9 Å². The number of nitro groups is 1. The SMILES string of the molecule is COc1cc(CCNC(=O)CC(C)N)c([N+](=O)[O-])cc1OC.Cl. The topological polar surface area (TPSA) is 117 Å². The Labute approximate surface area is 140 Å². The van der Waals surface area contributed by atoms with Crippen LogP contribution in [-0.2, 0) is 11.2 Å². The van der Waals surface area contributed by atoms with E-state index in [0.29, 0.717) is 23.5 Å². The van der Waals surface area contributed by atoms with E-state index in [9.17, 15) is 14.9 Å². The Balaban J connectivity index is 0.00000484. The van der Waals surface area contributed by atoms with Crippen LogP contribution in [0, 0.1) is 10.1 Å². The molecule has 23 heavy (non-hydrogen) atoms. The Hall–Kier alpha value is -2.06. The van der Waals surface area contributed by atoms with Gasteiger partial charge in [-0.15, -0.1) is 12.4 Å². The fourth-order valence-electron chi connectivity index (χ4n) is 1.98. The molecule has 1 aromatic carbocycles. The fourth-order valence-corrected chi connectivity index (χ4v) is 1.98. The van der Waals surface area contributed by atoms with Crippen LogP contribution in [0.1, 0.15) is 18.9 Å². The van der Waals surface area contributed by atoms with Crippen LogP contribution in [0.2, 0.25) is 0 Å². The highest BCUT2D eigenvalue weighted by Crippen LogP contribution is 2.34. The molecule has 0 aromatic heterocycles. The molecule has 0 spiro atoms. The summed E-state index contributed by atoms with van der Waals surface area (Å²) in [6.07, 6.45) is 0.523. The predicted octanol–water partition coefficient (Wildman–Crippen LogP) is 1.43. The number of methoxy groups -OCH3 is 2. The molecule has 1 atom stereocenters. The molecule has 8 nitrogen and oxygen atoms in total. The number of rotatable bonds is 8. The molecule has 0 aliphatic rings. The zero-order valence-electron chi connectivity index (χ0n) is 13.3. The van der Waals surface area contributed by atoms with E-state index in [2.05, 4.69) is 5.32 Å². The van der Waals surface area contributed by atoms with Gasteiger partial charge in [0, 0.05) is 24.6 Å². The van der Waals surface area contributed by atoms with Gasteiger partial charge < -0.3 is 20.5 Å². The largest absolute Gasteiger partial charge is 0.493 e. The number of carbonyl (C=O) groups is 1. The van der Waals surface area contributed by atoms with Crippen LogP contribution >= 0.6 is 12.4 Å². The molecule has 0 fully saturated rings. The van der Waals surface area contributed by atoms with Gasteiger partial charge in [0.05, 0.1) is 25.2 Å². The summed E-state index contributed by atoms with van der Waals surface area (Å²) in [6, 6.07) is 2.64. The summed E-state index contributed by atoms with van der Waals surface area (Å²) < 4.78 is 10.2. The summed E-state index contributed by atoms with van der Waals surface area (Å²) in [6.45, 7) is 2.01. The number of nitrogens with zero attached hydrogens (tertiary/aromatic N) is 1. The molecule has 0 saturated heterocycles. The van der Waals surface area contributed by atoms with E-state index in [1.54, 1.807) is 13.0 Å². The number of amides is 1. The average molecular weight is 348 g/mol. The molecule has 1 aromatic rings. The van der Waals surface area contributed by atoms with Gasteiger partial charge in [-0.2, -0.15) is 0 Å². The van der Waals surface area contributed by atoms with Crippen molar-refractivity contribution in [1.29, 1.82) is 0 Å². The highest BCUT2D eigenvalue weighted by molar-refractivity contribution is 5.85. The lowest BCUT2D eigenvalue weighted by atomic mass is 10.1. The minimum Gasteiger partial charge on any atom is -0.493 e. The maximum Gasteiger partial charge on any atom is 0.276 e. The Bertz CT molecular complexity index is 551. The molecule has 0 aliphatic heterocycles. The second-order valence-electron chi connectivity index (χ2n) is 4.87. The summed E-state index contributed by atoms with van der Waals surface area (Å²) in [5, 5.41) is 13.8. The molecule has 0 saturated carbocycles. The van der Waals surface area contributed by atoms with E-state index in [1.165, 1.54) is 20.3 Å². The van der Waals surface area contributed by atoms with Crippen molar-refractivity contribution in [2.45, 2.75) is 25.8 Å². The number of carbonyl (C=O) groups excluding carboxylic acids is 1. The molecular weight excluding hydrogens is 326 g/mol. The second-order valence-corrected chi connectivity index (χ2v) is 4.87. The number of benzene rings is 1. The molecule has 0 heterocycles. The van der Waals surface area contributed by atoms with E-state index >= 15 is 0 Å². The lowest BCUT2D eigenvalue weighted by Gasteiger charge is -2.11. The third-order valence-electron chi connectivity index (χ3n) is 3.01. The van der Waals surface area contributed by atoms with Crippen molar-refractivity contribution in [1.82, 2.24) is 5.32 Å². The number of ether oxygens (including phenoxy) is 2. The van der Waals surface area contributed by atoms with Gasteiger partial charge in [-0.1, -0.05) is 0 Å². The normalized spacial score (nSPS) is 11.1. The smallest absolute Gasteiger partial charge is 0.276 e. The molecule has 0 radical (unpaired) electrons.